The maximum Gasteiger partial charge on any atom is 0.0729 e. The highest BCUT2D eigenvalue weighted by Crippen LogP contribution is 2.14. The number of benzene rings is 1. The van der Waals surface area contributed by atoms with E-state index >= 15 is 0 Å². The van der Waals surface area contributed by atoms with Crippen LogP contribution in [0, 0.1) is 0 Å². The minimum absolute atomic E-state index is 0.399. The zero-order valence-electron chi connectivity index (χ0n) is 10.0. The SMILES string of the molecule is CC(C)n1cc(NCc2cccc(Br)c2)cn1. The molecular formula is C13H16BrN3. The number of rotatable bonds is 4. The summed E-state index contributed by atoms with van der Waals surface area (Å²) in [5.41, 5.74) is 2.30. The Labute approximate surface area is 110 Å². The highest BCUT2D eigenvalue weighted by atomic mass is 79.9. The van der Waals surface area contributed by atoms with Crippen molar-refractivity contribution in [1.82, 2.24) is 9.78 Å². The van der Waals surface area contributed by atoms with E-state index in [2.05, 4.69) is 52.3 Å². The molecule has 0 unspecified atom stereocenters. The van der Waals surface area contributed by atoms with Crippen LogP contribution < -0.4 is 5.32 Å². The Hall–Kier alpha value is -1.29. The second-order valence-corrected chi connectivity index (χ2v) is 5.20. The second kappa shape index (κ2) is 5.36. The van der Waals surface area contributed by atoms with Gasteiger partial charge in [-0.2, -0.15) is 5.10 Å². The first-order chi connectivity index (χ1) is 8.15. The summed E-state index contributed by atoms with van der Waals surface area (Å²) >= 11 is 3.47. The van der Waals surface area contributed by atoms with E-state index < -0.39 is 0 Å². The fourth-order valence-electron chi connectivity index (χ4n) is 1.56. The Morgan fingerprint density at radius 3 is 2.88 bits per heavy atom. The maximum absolute atomic E-state index is 4.29. The van der Waals surface area contributed by atoms with Crippen molar-refractivity contribution in [1.29, 1.82) is 0 Å². The van der Waals surface area contributed by atoms with Crippen molar-refractivity contribution >= 4 is 21.6 Å². The largest absolute Gasteiger partial charge is 0.378 e. The molecular weight excluding hydrogens is 278 g/mol. The molecule has 4 heteroatoms. The van der Waals surface area contributed by atoms with Crippen molar-refractivity contribution in [3.63, 3.8) is 0 Å². The average Bonchev–Trinajstić information content (AvgIpc) is 2.75. The summed E-state index contributed by atoms with van der Waals surface area (Å²) in [4.78, 5) is 0. The first kappa shape index (κ1) is 12.2. The number of halogens is 1. The van der Waals surface area contributed by atoms with Crippen LogP contribution in [0.1, 0.15) is 25.5 Å². The smallest absolute Gasteiger partial charge is 0.0729 e. The van der Waals surface area contributed by atoms with E-state index in [-0.39, 0.29) is 0 Å². The van der Waals surface area contributed by atoms with Crippen LogP contribution in [0.4, 0.5) is 5.69 Å². The lowest BCUT2D eigenvalue weighted by Crippen LogP contribution is -2.01. The Morgan fingerprint density at radius 2 is 2.24 bits per heavy atom. The molecule has 1 aromatic heterocycles. The molecule has 0 aliphatic heterocycles. The van der Waals surface area contributed by atoms with Crippen LogP contribution in [0.2, 0.25) is 0 Å². The Kier molecular flexibility index (Phi) is 3.84. The van der Waals surface area contributed by atoms with Gasteiger partial charge >= 0.3 is 0 Å². The van der Waals surface area contributed by atoms with Crippen LogP contribution in [-0.4, -0.2) is 9.78 Å². The van der Waals surface area contributed by atoms with Crippen molar-refractivity contribution in [2.45, 2.75) is 26.4 Å². The standard InChI is InChI=1S/C13H16BrN3/c1-10(2)17-9-13(8-16-17)15-7-11-4-3-5-12(14)6-11/h3-6,8-10,15H,7H2,1-2H3. The molecule has 1 heterocycles. The molecule has 1 aromatic carbocycles. The van der Waals surface area contributed by atoms with Gasteiger partial charge in [-0.3, -0.25) is 4.68 Å². The number of nitrogens with zero attached hydrogens (tertiary/aromatic N) is 2. The van der Waals surface area contributed by atoms with Crippen LogP contribution in [0.25, 0.3) is 0 Å². The molecule has 0 radical (unpaired) electrons. The van der Waals surface area contributed by atoms with Gasteiger partial charge in [0, 0.05) is 23.3 Å². The molecule has 2 rings (SSSR count). The molecule has 0 saturated carbocycles. The van der Waals surface area contributed by atoms with Crippen molar-refractivity contribution in [3.8, 4) is 0 Å². The molecule has 90 valence electrons. The molecule has 3 nitrogen and oxygen atoms in total. The van der Waals surface area contributed by atoms with Gasteiger partial charge in [-0.25, -0.2) is 0 Å². The summed E-state index contributed by atoms with van der Waals surface area (Å²) in [6.07, 6.45) is 3.89. The van der Waals surface area contributed by atoms with Gasteiger partial charge < -0.3 is 5.32 Å². The molecule has 0 fully saturated rings. The summed E-state index contributed by atoms with van der Waals surface area (Å²) in [7, 11) is 0. The van der Waals surface area contributed by atoms with Gasteiger partial charge in [0.1, 0.15) is 0 Å². The third-order valence-electron chi connectivity index (χ3n) is 2.52. The quantitative estimate of drug-likeness (QED) is 0.928. The zero-order chi connectivity index (χ0) is 12.3. The third kappa shape index (κ3) is 3.33. The van der Waals surface area contributed by atoms with Crippen molar-refractivity contribution in [2.75, 3.05) is 5.32 Å². The van der Waals surface area contributed by atoms with E-state index in [1.807, 2.05) is 29.2 Å². The van der Waals surface area contributed by atoms with Gasteiger partial charge in [0.2, 0.25) is 0 Å². The maximum atomic E-state index is 4.29. The fraction of sp³-hybridized carbons (Fsp3) is 0.308. The topological polar surface area (TPSA) is 29.9 Å². The monoisotopic (exact) mass is 293 g/mol. The lowest BCUT2D eigenvalue weighted by atomic mass is 10.2. The summed E-state index contributed by atoms with van der Waals surface area (Å²) in [6, 6.07) is 8.68. The summed E-state index contributed by atoms with van der Waals surface area (Å²) in [5.74, 6) is 0. The normalized spacial score (nSPS) is 10.8. The molecule has 0 bridgehead atoms. The van der Waals surface area contributed by atoms with Gasteiger partial charge in [-0.15, -0.1) is 0 Å². The minimum Gasteiger partial charge on any atom is -0.378 e. The molecule has 0 spiro atoms. The van der Waals surface area contributed by atoms with Crippen molar-refractivity contribution in [2.24, 2.45) is 0 Å². The first-order valence-electron chi connectivity index (χ1n) is 5.67. The molecule has 0 atom stereocenters. The predicted octanol–water partition coefficient (Wildman–Crippen LogP) is 3.84. The van der Waals surface area contributed by atoms with E-state index in [1.165, 1.54) is 5.56 Å². The Morgan fingerprint density at radius 1 is 1.41 bits per heavy atom. The van der Waals surface area contributed by atoms with Crippen LogP contribution in [0.3, 0.4) is 0 Å². The van der Waals surface area contributed by atoms with Crippen LogP contribution >= 0.6 is 15.9 Å². The average molecular weight is 294 g/mol. The Bertz CT molecular complexity index is 491. The molecule has 1 N–H and O–H groups in total. The van der Waals surface area contributed by atoms with Crippen LogP contribution in [0.5, 0.6) is 0 Å². The lowest BCUT2D eigenvalue weighted by molar-refractivity contribution is 0.532. The Balaban J connectivity index is 1.97. The van der Waals surface area contributed by atoms with E-state index in [4.69, 9.17) is 0 Å². The molecule has 0 aliphatic carbocycles. The zero-order valence-corrected chi connectivity index (χ0v) is 11.6. The molecule has 17 heavy (non-hydrogen) atoms. The lowest BCUT2D eigenvalue weighted by Gasteiger charge is -2.05. The van der Waals surface area contributed by atoms with Gasteiger partial charge in [0.25, 0.3) is 0 Å². The van der Waals surface area contributed by atoms with Gasteiger partial charge in [0.05, 0.1) is 11.9 Å². The van der Waals surface area contributed by atoms with Crippen molar-refractivity contribution < 1.29 is 0 Å². The minimum atomic E-state index is 0.399. The van der Waals surface area contributed by atoms with Gasteiger partial charge in [-0.05, 0) is 31.5 Å². The summed E-state index contributed by atoms with van der Waals surface area (Å²) < 4.78 is 3.05. The predicted molar refractivity (Wildman–Crippen MR) is 74.1 cm³/mol. The van der Waals surface area contributed by atoms with Gasteiger partial charge in [0.15, 0.2) is 0 Å². The number of nitrogens with one attached hydrogen (secondary N) is 1. The summed E-state index contributed by atoms with van der Waals surface area (Å²) in [6.45, 7) is 5.04. The van der Waals surface area contributed by atoms with E-state index in [9.17, 15) is 0 Å². The molecule has 0 amide bonds. The molecule has 2 aromatic rings. The third-order valence-corrected chi connectivity index (χ3v) is 3.01. The number of anilines is 1. The number of hydrogen-bond donors (Lipinski definition) is 1. The first-order valence-corrected chi connectivity index (χ1v) is 6.47. The van der Waals surface area contributed by atoms with E-state index in [0.29, 0.717) is 6.04 Å². The highest BCUT2D eigenvalue weighted by Gasteiger charge is 2.01. The highest BCUT2D eigenvalue weighted by molar-refractivity contribution is 9.10. The fourth-order valence-corrected chi connectivity index (χ4v) is 2.01. The molecule has 0 aliphatic rings. The van der Waals surface area contributed by atoms with Crippen LogP contribution in [0.15, 0.2) is 41.1 Å². The van der Waals surface area contributed by atoms with E-state index in [1.54, 1.807) is 0 Å². The number of aromatic nitrogens is 2. The number of hydrogen-bond acceptors (Lipinski definition) is 2. The second-order valence-electron chi connectivity index (χ2n) is 4.29. The summed E-state index contributed by atoms with van der Waals surface area (Å²) in [5, 5.41) is 7.65. The van der Waals surface area contributed by atoms with Crippen molar-refractivity contribution in [3.05, 3.63) is 46.7 Å². The van der Waals surface area contributed by atoms with Crippen LogP contribution in [-0.2, 0) is 6.54 Å². The van der Waals surface area contributed by atoms with Gasteiger partial charge in [-0.1, -0.05) is 28.1 Å². The van der Waals surface area contributed by atoms with E-state index in [0.717, 1.165) is 16.7 Å². The molecule has 0 saturated heterocycles.